The molecule has 0 unspecified atom stereocenters. The number of hydrogen-bond donors (Lipinski definition) is 1. The fourth-order valence-corrected chi connectivity index (χ4v) is 2.78. The third kappa shape index (κ3) is 3.24. The predicted molar refractivity (Wildman–Crippen MR) is 76.7 cm³/mol. The second-order valence-corrected chi connectivity index (χ2v) is 5.36. The zero-order valence-electron chi connectivity index (χ0n) is 11.3. The summed E-state index contributed by atoms with van der Waals surface area (Å²) in [6.07, 6.45) is 9.49. The Morgan fingerprint density at radius 1 is 1.05 bits per heavy atom. The minimum Gasteiger partial charge on any atom is -0.309 e. The Morgan fingerprint density at radius 3 is 2.58 bits per heavy atom. The van der Waals surface area contributed by atoms with Gasteiger partial charge in [0.15, 0.2) is 0 Å². The van der Waals surface area contributed by atoms with Gasteiger partial charge in [-0.15, -0.1) is 0 Å². The summed E-state index contributed by atoms with van der Waals surface area (Å²) in [4.78, 5) is 0. The Hall–Kier alpha value is -1.61. The number of benzene rings is 1. The summed E-state index contributed by atoms with van der Waals surface area (Å²) >= 11 is 0. The van der Waals surface area contributed by atoms with E-state index in [9.17, 15) is 0 Å². The third-order valence-electron chi connectivity index (χ3n) is 3.85. The maximum absolute atomic E-state index is 4.50. The lowest BCUT2D eigenvalue weighted by molar-refractivity contribution is 0.466. The first-order chi connectivity index (χ1) is 9.42. The van der Waals surface area contributed by atoms with E-state index in [0.29, 0.717) is 6.04 Å². The van der Waals surface area contributed by atoms with Crippen LogP contribution in [0.4, 0.5) is 0 Å². The minimum absolute atomic E-state index is 0.642. The molecule has 3 rings (SSSR count). The number of nitrogens with zero attached hydrogens (tertiary/aromatic N) is 2. The summed E-state index contributed by atoms with van der Waals surface area (Å²) in [7, 11) is 0. The molecule has 0 saturated heterocycles. The molecular weight excluding hydrogens is 234 g/mol. The van der Waals surface area contributed by atoms with Gasteiger partial charge < -0.3 is 5.32 Å². The van der Waals surface area contributed by atoms with E-state index in [1.54, 1.807) is 0 Å². The van der Waals surface area contributed by atoms with Gasteiger partial charge in [0.1, 0.15) is 0 Å². The van der Waals surface area contributed by atoms with Gasteiger partial charge in [-0.1, -0.05) is 43.2 Å². The van der Waals surface area contributed by atoms with Gasteiger partial charge in [0.25, 0.3) is 0 Å². The van der Waals surface area contributed by atoms with Crippen molar-refractivity contribution >= 4 is 0 Å². The lowest BCUT2D eigenvalue weighted by atomic mass is 10.2. The zero-order chi connectivity index (χ0) is 12.9. The molecule has 3 nitrogen and oxygen atoms in total. The third-order valence-corrected chi connectivity index (χ3v) is 3.85. The van der Waals surface area contributed by atoms with Gasteiger partial charge in [0, 0.05) is 24.8 Å². The van der Waals surface area contributed by atoms with Crippen molar-refractivity contribution < 1.29 is 0 Å². The normalized spacial score (nSPS) is 16.0. The van der Waals surface area contributed by atoms with E-state index in [1.807, 2.05) is 6.20 Å². The van der Waals surface area contributed by atoms with E-state index in [0.717, 1.165) is 13.1 Å². The van der Waals surface area contributed by atoms with Gasteiger partial charge in [-0.2, -0.15) is 5.10 Å². The van der Waals surface area contributed by atoms with Crippen LogP contribution in [-0.4, -0.2) is 9.78 Å². The van der Waals surface area contributed by atoms with Gasteiger partial charge in [-0.05, 0) is 18.4 Å². The van der Waals surface area contributed by atoms with E-state index >= 15 is 0 Å². The van der Waals surface area contributed by atoms with E-state index < -0.39 is 0 Å². The predicted octanol–water partition coefficient (Wildman–Crippen LogP) is 3.29. The topological polar surface area (TPSA) is 29.9 Å². The monoisotopic (exact) mass is 255 g/mol. The fraction of sp³-hybridized carbons (Fsp3) is 0.438. The second kappa shape index (κ2) is 6.02. The Labute approximate surface area is 114 Å². The summed E-state index contributed by atoms with van der Waals surface area (Å²) in [5, 5.41) is 7.97. The van der Waals surface area contributed by atoms with Crippen LogP contribution in [0.1, 0.15) is 42.9 Å². The van der Waals surface area contributed by atoms with Gasteiger partial charge in [-0.3, -0.25) is 4.68 Å². The molecule has 1 saturated carbocycles. The SMILES string of the molecule is c1ccc(CNCc2cnn(C3CCCC3)c2)cc1. The summed E-state index contributed by atoms with van der Waals surface area (Å²) in [5.41, 5.74) is 2.61. The summed E-state index contributed by atoms with van der Waals surface area (Å²) in [5.74, 6) is 0. The average molecular weight is 255 g/mol. The highest BCUT2D eigenvalue weighted by atomic mass is 15.3. The Morgan fingerprint density at radius 2 is 1.79 bits per heavy atom. The molecular formula is C16H21N3. The van der Waals surface area contributed by atoms with Crippen LogP contribution in [0.3, 0.4) is 0 Å². The lowest BCUT2D eigenvalue weighted by Gasteiger charge is -2.08. The maximum Gasteiger partial charge on any atom is 0.0534 e. The molecule has 0 radical (unpaired) electrons. The maximum atomic E-state index is 4.50. The minimum atomic E-state index is 0.642. The standard InChI is InChI=1S/C16H21N3/c1-2-6-14(7-3-1)10-17-11-15-12-18-19(13-15)16-8-4-5-9-16/h1-3,6-7,12-13,16-17H,4-5,8-11H2. The van der Waals surface area contributed by atoms with Crippen molar-refractivity contribution in [2.75, 3.05) is 0 Å². The largest absolute Gasteiger partial charge is 0.309 e. The number of nitrogens with one attached hydrogen (secondary N) is 1. The van der Waals surface area contributed by atoms with Crippen LogP contribution in [0.15, 0.2) is 42.7 Å². The molecule has 1 aromatic carbocycles. The molecule has 0 spiro atoms. The van der Waals surface area contributed by atoms with E-state index in [4.69, 9.17) is 0 Å². The molecule has 1 aliphatic carbocycles. The molecule has 0 amide bonds. The zero-order valence-corrected chi connectivity index (χ0v) is 11.3. The highest BCUT2D eigenvalue weighted by Crippen LogP contribution is 2.28. The fourth-order valence-electron chi connectivity index (χ4n) is 2.78. The van der Waals surface area contributed by atoms with Crippen LogP contribution in [0.2, 0.25) is 0 Å². The molecule has 100 valence electrons. The highest BCUT2D eigenvalue weighted by Gasteiger charge is 2.17. The van der Waals surface area contributed by atoms with Crippen LogP contribution in [0, 0.1) is 0 Å². The molecule has 1 fully saturated rings. The van der Waals surface area contributed by atoms with Gasteiger partial charge in [0.05, 0.1) is 12.2 Å². The number of hydrogen-bond acceptors (Lipinski definition) is 2. The van der Waals surface area contributed by atoms with Crippen molar-refractivity contribution in [3.8, 4) is 0 Å². The molecule has 0 atom stereocenters. The van der Waals surface area contributed by atoms with Gasteiger partial charge >= 0.3 is 0 Å². The van der Waals surface area contributed by atoms with Crippen molar-refractivity contribution in [3.05, 3.63) is 53.9 Å². The lowest BCUT2D eigenvalue weighted by Crippen LogP contribution is -2.12. The van der Waals surface area contributed by atoms with Gasteiger partial charge in [-0.25, -0.2) is 0 Å². The number of aromatic nitrogens is 2. The Bertz CT molecular complexity index is 498. The molecule has 2 aromatic rings. The molecule has 0 bridgehead atoms. The quantitative estimate of drug-likeness (QED) is 0.888. The van der Waals surface area contributed by atoms with E-state index in [1.165, 1.54) is 36.8 Å². The van der Waals surface area contributed by atoms with Crippen LogP contribution in [-0.2, 0) is 13.1 Å². The van der Waals surface area contributed by atoms with Crippen molar-refractivity contribution in [1.82, 2.24) is 15.1 Å². The van der Waals surface area contributed by atoms with Gasteiger partial charge in [0.2, 0.25) is 0 Å². The first-order valence-electron chi connectivity index (χ1n) is 7.19. The molecule has 3 heteroatoms. The molecule has 1 heterocycles. The Kier molecular flexibility index (Phi) is 3.94. The van der Waals surface area contributed by atoms with Crippen molar-refractivity contribution in [3.63, 3.8) is 0 Å². The molecule has 0 aliphatic heterocycles. The molecule has 1 N–H and O–H groups in total. The summed E-state index contributed by atoms with van der Waals surface area (Å²) in [6.45, 7) is 1.80. The van der Waals surface area contributed by atoms with Crippen molar-refractivity contribution in [1.29, 1.82) is 0 Å². The molecule has 1 aromatic heterocycles. The summed E-state index contributed by atoms with van der Waals surface area (Å²) < 4.78 is 2.16. The smallest absolute Gasteiger partial charge is 0.0534 e. The molecule has 1 aliphatic rings. The van der Waals surface area contributed by atoms with Crippen molar-refractivity contribution in [2.24, 2.45) is 0 Å². The average Bonchev–Trinajstić information content (AvgIpc) is 3.10. The van der Waals surface area contributed by atoms with Crippen LogP contribution in [0.5, 0.6) is 0 Å². The van der Waals surface area contributed by atoms with Crippen LogP contribution in [0.25, 0.3) is 0 Å². The number of rotatable bonds is 5. The van der Waals surface area contributed by atoms with Crippen LogP contribution >= 0.6 is 0 Å². The first-order valence-corrected chi connectivity index (χ1v) is 7.19. The second-order valence-electron chi connectivity index (χ2n) is 5.36. The van der Waals surface area contributed by atoms with Crippen molar-refractivity contribution in [2.45, 2.75) is 44.8 Å². The van der Waals surface area contributed by atoms with Crippen LogP contribution < -0.4 is 5.32 Å². The first kappa shape index (κ1) is 12.4. The molecule has 19 heavy (non-hydrogen) atoms. The summed E-state index contributed by atoms with van der Waals surface area (Å²) in [6, 6.07) is 11.1. The highest BCUT2D eigenvalue weighted by molar-refractivity contribution is 5.14. The van der Waals surface area contributed by atoms with E-state index in [2.05, 4.69) is 51.6 Å². The van der Waals surface area contributed by atoms with E-state index in [-0.39, 0.29) is 0 Å². The Balaban J connectivity index is 1.50.